The van der Waals surface area contributed by atoms with Crippen LogP contribution in [-0.2, 0) is 6.42 Å². The molecule has 5 atom stereocenters. The lowest BCUT2D eigenvalue weighted by molar-refractivity contribution is -0.129. The van der Waals surface area contributed by atoms with E-state index in [4.69, 9.17) is 9.84 Å². The van der Waals surface area contributed by atoms with Gasteiger partial charge in [-0.2, -0.15) is 0 Å². The fraction of sp³-hybridized carbons (Fsp3) is 0.692. The first-order chi connectivity index (χ1) is 9.90. The van der Waals surface area contributed by atoms with E-state index < -0.39 is 37.1 Å². The van der Waals surface area contributed by atoms with E-state index in [0.29, 0.717) is 0 Å². The fourth-order valence-corrected chi connectivity index (χ4v) is 1.65. The summed E-state index contributed by atoms with van der Waals surface area (Å²) in [5.74, 6) is 0. The van der Waals surface area contributed by atoms with E-state index in [-0.39, 0.29) is 6.01 Å². The molecule has 0 saturated carbocycles. The van der Waals surface area contributed by atoms with Crippen LogP contribution in [0.4, 0.5) is 0 Å². The van der Waals surface area contributed by atoms with Crippen LogP contribution in [0.3, 0.4) is 0 Å². The van der Waals surface area contributed by atoms with Gasteiger partial charge >= 0.3 is 6.01 Å². The first-order valence-corrected chi connectivity index (χ1v) is 6.71. The molecule has 0 saturated heterocycles. The summed E-state index contributed by atoms with van der Waals surface area (Å²) in [6.45, 7) is 2.52. The Kier molecular flexibility index (Phi) is 6.93. The Balaban J connectivity index is 2.89. The van der Waals surface area contributed by atoms with Crippen molar-refractivity contribution in [2.75, 3.05) is 6.61 Å². The van der Waals surface area contributed by atoms with Crippen molar-refractivity contribution in [2.45, 2.75) is 50.8 Å². The zero-order valence-electron chi connectivity index (χ0n) is 12.0. The van der Waals surface area contributed by atoms with Crippen molar-refractivity contribution in [3.8, 4) is 6.01 Å². The van der Waals surface area contributed by atoms with Gasteiger partial charge in [0.2, 0.25) is 0 Å². The maximum absolute atomic E-state index is 9.90. The summed E-state index contributed by atoms with van der Waals surface area (Å²) in [6.07, 6.45) is -3.44. The topological polar surface area (TPSA) is 136 Å². The third-order valence-corrected chi connectivity index (χ3v) is 3.08. The summed E-state index contributed by atoms with van der Waals surface area (Å²) in [4.78, 5) is 7.83. The van der Waals surface area contributed by atoms with Gasteiger partial charge in [0.25, 0.3) is 0 Å². The van der Waals surface area contributed by atoms with E-state index in [2.05, 4.69) is 9.97 Å². The number of rotatable bonds is 8. The molecule has 1 heterocycles. The van der Waals surface area contributed by atoms with Crippen LogP contribution in [0.15, 0.2) is 12.4 Å². The molecule has 1 aromatic heterocycles. The Morgan fingerprint density at radius 2 is 1.67 bits per heavy atom. The minimum absolute atomic E-state index is 0.110. The molecule has 0 bridgehead atoms. The lowest BCUT2D eigenvalue weighted by Crippen LogP contribution is -2.52. The molecule has 1 rings (SSSR count). The van der Waals surface area contributed by atoms with Crippen LogP contribution >= 0.6 is 0 Å². The van der Waals surface area contributed by atoms with E-state index >= 15 is 0 Å². The summed E-state index contributed by atoms with van der Waals surface area (Å²) in [5.41, 5.74) is 0.880. The van der Waals surface area contributed by atoms with Gasteiger partial charge in [0.15, 0.2) is 6.10 Å². The number of aliphatic hydroxyl groups excluding tert-OH is 5. The molecular formula is C13H22N2O6. The van der Waals surface area contributed by atoms with Crippen LogP contribution in [-0.4, -0.2) is 72.6 Å². The highest BCUT2D eigenvalue weighted by molar-refractivity contribution is 5.07. The van der Waals surface area contributed by atoms with E-state index in [0.717, 1.165) is 12.0 Å². The van der Waals surface area contributed by atoms with Crippen molar-refractivity contribution in [1.29, 1.82) is 0 Å². The van der Waals surface area contributed by atoms with E-state index in [1.165, 1.54) is 19.3 Å². The second-order valence-corrected chi connectivity index (χ2v) is 4.78. The normalized spacial score (nSPS) is 18.6. The Morgan fingerprint density at radius 1 is 1.10 bits per heavy atom. The highest BCUT2D eigenvalue weighted by Gasteiger charge is 2.36. The highest BCUT2D eigenvalue weighted by Crippen LogP contribution is 2.15. The van der Waals surface area contributed by atoms with Gasteiger partial charge in [-0.1, -0.05) is 6.92 Å². The Labute approximate surface area is 122 Å². The molecule has 0 fully saturated rings. The van der Waals surface area contributed by atoms with E-state index in [1.807, 2.05) is 6.92 Å². The zero-order chi connectivity index (χ0) is 16.0. The van der Waals surface area contributed by atoms with Gasteiger partial charge in [-0.25, -0.2) is 9.97 Å². The van der Waals surface area contributed by atoms with Gasteiger partial charge in [-0.05, 0) is 18.9 Å². The molecule has 0 radical (unpaired) electrons. The average molecular weight is 302 g/mol. The standard InChI is InChI=1S/C13H22N2O6/c1-3-8-4-14-13(15-5-8)21-12(10(19)7(2)17)11(20)9(18)6-16/h4-5,7,9-12,16-20H,3,6H2,1-2H3/t7-,9?,10-,11+,12+/m0/s1. The number of aryl methyl sites for hydroxylation is 1. The Hall–Kier alpha value is -1.32. The van der Waals surface area contributed by atoms with E-state index in [9.17, 15) is 20.4 Å². The van der Waals surface area contributed by atoms with Crippen molar-refractivity contribution < 1.29 is 30.3 Å². The third-order valence-electron chi connectivity index (χ3n) is 3.08. The molecule has 0 aromatic carbocycles. The molecule has 0 aliphatic heterocycles. The predicted molar refractivity (Wildman–Crippen MR) is 72.6 cm³/mol. The number of aromatic nitrogens is 2. The number of hydrogen-bond donors (Lipinski definition) is 5. The first-order valence-electron chi connectivity index (χ1n) is 6.71. The van der Waals surface area contributed by atoms with Gasteiger partial charge in [-0.3, -0.25) is 0 Å². The predicted octanol–water partition coefficient (Wildman–Crippen LogP) is -1.76. The third kappa shape index (κ3) is 4.87. The van der Waals surface area contributed by atoms with Crippen molar-refractivity contribution >= 4 is 0 Å². The van der Waals surface area contributed by atoms with Crippen molar-refractivity contribution in [1.82, 2.24) is 9.97 Å². The first kappa shape index (κ1) is 17.7. The quantitative estimate of drug-likeness (QED) is 0.381. The van der Waals surface area contributed by atoms with Gasteiger partial charge < -0.3 is 30.3 Å². The summed E-state index contributed by atoms with van der Waals surface area (Å²) < 4.78 is 5.27. The van der Waals surface area contributed by atoms with E-state index in [1.54, 1.807) is 0 Å². The lowest BCUT2D eigenvalue weighted by atomic mass is 10.00. The maximum Gasteiger partial charge on any atom is 0.316 e. The van der Waals surface area contributed by atoms with Crippen molar-refractivity contribution in [3.05, 3.63) is 18.0 Å². The Morgan fingerprint density at radius 3 is 2.10 bits per heavy atom. The second-order valence-electron chi connectivity index (χ2n) is 4.78. The van der Waals surface area contributed by atoms with Crippen LogP contribution in [0, 0.1) is 0 Å². The number of aliphatic hydroxyl groups is 5. The molecule has 0 aliphatic carbocycles. The minimum Gasteiger partial charge on any atom is -0.454 e. The fourth-order valence-electron chi connectivity index (χ4n) is 1.65. The molecular weight excluding hydrogens is 280 g/mol. The minimum atomic E-state index is -1.62. The lowest BCUT2D eigenvalue weighted by Gasteiger charge is -2.30. The Bertz CT molecular complexity index is 414. The molecule has 5 N–H and O–H groups in total. The molecule has 8 nitrogen and oxygen atoms in total. The van der Waals surface area contributed by atoms with Gasteiger partial charge in [0, 0.05) is 12.4 Å². The van der Waals surface area contributed by atoms with Crippen LogP contribution < -0.4 is 4.74 Å². The molecule has 0 aliphatic rings. The number of ether oxygens (including phenoxy) is 1. The molecule has 0 spiro atoms. The van der Waals surface area contributed by atoms with Crippen LogP contribution in [0.1, 0.15) is 19.4 Å². The summed E-state index contributed by atoms with van der Waals surface area (Å²) in [7, 11) is 0. The van der Waals surface area contributed by atoms with Gasteiger partial charge in [0.1, 0.15) is 18.3 Å². The van der Waals surface area contributed by atoms with Gasteiger partial charge in [0.05, 0.1) is 12.7 Å². The number of hydrogen-bond acceptors (Lipinski definition) is 8. The monoisotopic (exact) mass is 302 g/mol. The number of nitrogens with zero attached hydrogens (tertiary/aromatic N) is 2. The largest absolute Gasteiger partial charge is 0.454 e. The second kappa shape index (κ2) is 8.20. The summed E-state index contributed by atoms with van der Waals surface area (Å²) in [5, 5.41) is 47.5. The summed E-state index contributed by atoms with van der Waals surface area (Å²) in [6, 6.07) is -0.110. The van der Waals surface area contributed by atoms with Crippen LogP contribution in [0.2, 0.25) is 0 Å². The van der Waals surface area contributed by atoms with Crippen molar-refractivity contribution in [3.63, 3.8) is 0 Å². The highest BCUT2D eigenvalue weighted by atomic mass is 16.5. The van der Waals surface area contributed by atoms with Gasteiger partial charge in [-0.15, -0.1) is 0 Å². The zero-order valence-corrected chi connectivity index (χ0v) is 12.0. The van der Waals surface area contributed by atoms with Crippen LogP contribution in [0.5, 0.6) is 6.01 Å². The molecule has 8 heteroatoms. The van der Waals surface area contributed by atoms with Crippen LogP contribution in [0.25, 0.3) is 0 Å². The van der Waals surface area contributed by atoms with Crippen molar-refractivity contribution in [2.24, 2.45) is 0 Å². The molecule has 1 unspecified atom stereocenters. The summed E-state index contributed by atoms with van der Waals surface area (Å²) >= 11 is 0. The smallest absolute Gasteiger partial charge is 0.316 e. The maximum atomic E-state index is 9.90. The SMILES string of the molecule is CCc1cnc(O[C@H]([C@@H](O)[C@H](C)O)[C@H](O)C(O)CO)nc1. The molecule has 0 amide bonds. The average Bonchev–Trinajstić information content (AvgIpc) is 2.50. The molecule has 21 heavy (non-hydrogen) atoms. The molecule has 1 aromatic rings. The molecule has 120 valence electrons.